The van der Waals surface area contributed by atoms with Crippen molar-refractivity contribution in [2.24, 2.45) is 0 Å². The van der Waals surface area contributed by atoms with Gasteiger partial charge in [-0.3, -0.25) is 4.90 Å². The fraction of sp³-hybridized carbons (Fsp3) is 0.474. The van der Waals surface area contributed by atoms with Crippen LogP contribution in [0.3, 0.4) is 0 Å². The zero-order chi connectivity index (χ0) is 19.3. The largest absolute Gasteiger partial charge is 0.492 e. The topological polar surface area (TPSA) is 72.1 Å². The monoisotopic (exact) mass is 404 g/mol. The number of nitrogens with zero attached hydrogens (tertiary/aromatic N) is 4. The summed E-state index contributed by atoms with van der Waals surface area (Å²) in [6.45, 7) is 4.47. The van der Waals surface area contributed by atoms with Crippen molar-refractivity contribution in [2.75, 3.05) is 26.3 Å². The van der Waals surface area contributed by atoms with Crippen LogP contribution in [0.4, 0.5) is 4.39 Å². The lowest BCUT2D eigenvalue weighted by Crippen LogP contribution is -2.46. The molecule has 2 aromatic heterocycles. The second-order valence-electron chi connectivity index (χ2n) is 7.24. The molecule has 0 bridgehead atoms. The van der Waals surface area contributed by atoms with Gasteiger partial charge in [-0.2, -0.15) is 4.52 Å². The Balaban J connectivity index is 1.53. The molecular weight excluding hydrogens is 383 g/mol. The van der Waals surface area contributed by atoms with E-state index in [1.807, 2.05) is 6.07 Å². The smallest absolute Gasteiger partial charge is 0.230 e. The molecule has 1 N–H and O–H groups in total. The van der Waals surface area contributed by atoms with Gasteiger partial charge >= 0.3 is 0 Å². The molecule has 0 amide bonds. The van der Waals surface area contributed by atoms with Gasteiger partial charge in [-0.15, -0.1) is 5.10 Å². The quantitative estimate of drug-likeness (QED) is 0.724. The minimum absolute atomic E-state index is 0.0588. The van der Waals surface area contributed by atoms with Crippen LogP contribution < -0.4 is 0 Å². The predicted molar refractivity (Wildman–Crippen MR) is 101 cm³/mol. The Labute approximate surface area is 165 Å². The minimum atomic E-state index is -0.492. The Morgan fingerprint density at radius 1 is 1.25 bits per heavy atom. The maximum atomic E-state index is 14.0. The van der Waals surface area contributed by atoms with Gasteiger partial charge < -0.3 is 14.6 Å². The number of fused-ring (bicyclic) bond motifs is 1. The van der Waals surface area contributed by atoms with Crippen LogP contribution >= 0.6 is 11.3 Å². The van der Waals surface area contributed by atoms with Gasteiger partial charge in [0.2, 0.25) is 10.8 Å². The maximum absolute atomic E-state index is 14.0. The van der Waals surface area contributed by atoms with Gasteiger partial charge in [-0.25, -0.2) is 9.37 Å². The Hall–Kier alpha value is -2.07. The summed E-state index contributed by atoms with van der Waals surface area (Å²) in [4.78, 5) is 7.95. The van der Waals surface area contributed by atoms with Gasteiger partial charge in [-0.05, 0) is 24.6 Å². The molecule has 9 heteroatoms. The standard InChI is InChI=1S/C19H21FN4O3S/c1-12-21-18-24(22-12)17(25)16(28-18)15(13-3-2-4-14(20)11-13)23-7-5-19(6-8-23)26-9-10-27-19/h2-4,11,15,25H,5-10H2,1H3/t15-/m1/s1. The number of likely N-dealkylation sites (tertiary alicyclic amines) is 1. The SMILES string of the molecule is Cc1nc2sc([C@@H](c3cccc(F)c3)N3CCC4(CC3)OCCO4)c(O)n2n1. The number of hydrogen-bond acceptors (Lipinski definition) is 7. The van der Waals surface area contributed by atoms with Crippen LogP contribution in [-0.2, 0) is 9.47 Å². The van der Waals surface area contributed by atoms with Crippen LogP contribution in [-0.4, -0.2) is 56.7 Å². The molecule has 4 heterocycles. The lowest BCUT2D eigenvalue weighted by Gasteiger charge is -2.41. The summed E-state index contributed by atoms with van der Waals surface area (Å²) >= 11 is 1.38. The van der Waals surface area contributed by atoms with E-state index in [0.717, 1.165) is 18.4 Å². The van der Waals surface area contributed by atoms with Crippen molar-refractivity contribution in [3.05, 3.63) is 46.3 Å². The number of rotatable bonds is 3. The first kappa shape index (κ1) is 18.0. The number of hydrogen-bond donors (Lipinski definition) is 1. The van der Waals surface area contributed by atoms with E-state index in [1.165, 1.54) is 28.0 Å². The molecule has 28 heavy (non-hydrogen) atoms. The molecule has 1 spiro atoms. The second kappa shape index (κ2) is 6.77. The van der Waals surface area contributed by atoms with Crippen LogP contribution in [0.2, 0.25) is 0 Å². The number of aromatic hydroxyl groups is 1. The summed E-state index contributed by atoms with van der Waals surface area (Å²) < 4.78 is 27.1. The first-order valence-electron chi connectivity index (χ1n) is 9.37. The molecule has 0 saturated carbocycles. The van der Waals surface area contributed by atoms with Crippen molar-refractivity contribution in [3.63, 3.8) is 0 Å². The normalized spacial score (nSPS) is 20.9. The molecule has 2 aliphatic rings. The number of halogens is 1. The van der Waals surface area contributed by atoms with Crippen molar-refractivity contribution in [2.45, 2.75) is 31.6 Å². The molecular formula is C19H21FN4O3S. The summed E-state index contributed by atoms with van der Waals surface area (Å²) in [5.74, 6) is -0.129. The van der Waals surface area contributed by atoms with Gasteiger partial charge in [0, 0.05) is 25.9 Å². The molecule has 1 aromatic carbocycles. The van der Waals surface area contributed by atoms with E-state index in [2.05, 4.69) is 15.0 Å². The van der Waals surface area contributed by atoms with Crippen molar-refractivity contribution in [3.8, 4) is 5.88 Å². The van der Waals surface area contributed by atoms with Crippen LogP contribution in [0.1, 0.15) is 35.1 Å². The highest BCUT2D eigenvalue weighted by molar-refractivity contribution is 7.17. The minimum Gasteiger partial charge on any atom is -0.492 e. The summed E-state index contributed by atoms with van der Waals surface area (Å²) in [5.41, 5.74) is 0.792. The van der Waals surface area contributed by atoms with E-state index in [-0.39, 0.29) is 17.7 Å². The molecule has 1 atom stereocenters. The molecule has 3 aromatic rings. The molecule has 0 aliphatic carbocycles. The van der Waals surface area contributed by atoms with Gasteiger partial charge in [0.25, 0.3) is 0 Å². The Morgan fingerprint density at radius 3 is 2.68 bits per heavy atom. The van der Waals surface area contributed by atoms with Crippen LogP contribution in [0.25, 0.3) is 4.96 Å². The Morgan fingerprint density at radius 2 is 2.00 bits per heavy atom. The van der Waals surface area contributed by atoms with Gasteiger partial charge in [-0.1, -0.05) is 23.5 Å². The molecule has 7 nitrogen and oxygen atoms in total. The Bertz CT molecular complexity index is 1000. The highest BCUT2D eigenvalue weighted by Crippen LogP contribution is 2.42. The Kier molecular flexibility index (Phi) is 4.35. The highest BCUT2D eigenvalue weighted by Gasteiger charge is 2.42. The lowest BCUT2D eigenvalue weighted by molar-refractivity contribution is -0.187. The average Bonchev–Trinajstić information content (AvgIpc) is 3.35. The summed E-state index contributed by atoms with van der Waals surface area (Å²) in [5, 5.41) is 15.1. The first-order chi connectivity index (χ1) is 13.5. The van der Waals surface area contributed by atoms with E-state index < -0.39 is 5.79 Å². The number of ether oxygens (including phenoxy) is 2. The summed E-state index contributed by atoms with van der Waals surface area (Å²) in [6, 6.07) is 6.25. The molecule has 5 rings (SSSR count). The number of benzene rings is 1. The fourth-order valence-corrected chi connectivity index (χ4v) is 5.30. The third-order valence-corrected chi connectivity index (χ3v) is 6.53. The number of thiazole rings is 1. The van der Waals surface area contributed by atoms with Crippen LogP contribution in [0.5, 0.6) is 5.88 Å². The van der Waals surface area contributed by atoms with Crippen molar-refractivity contribution in [1.29, 1.82) is 0 Å². The first-order valence-corrected chi connectivity index (χ1v) is 10.2. The molecule has 2 aliphatic heterocycles. The third kappa shape index (κ3) is 2.98. The predicted octanol–water partition coefficient (Wildman–Crippen LogP) is 2.87. The van der Waals surface area contributed by atoms with E-state index in [1.54, 1.807) is 13.0 Å². The van der Waals surface area contributed by atoms with Gasteiger partial charge in [0.15, 0.2) is 5.79 Å². The van der Waals surface area contributed by atoms with E-state index in [4.69, 9.17) is 9.47 Å². The van der Waals surface area contributed by atoms with Crippen molar-refractivity contribution in [1.82, 2.24) is 19.5 Å². The average molecular weight is 404 g/mol. The molecule has 2 saturated heterocycles. The van der Waals surface area contributed by atoms with E-state index >= 15 is 0 Å². The molecule has 148 valence electrons. The van der Waals surface area contributed by atoms with Gasteiger partial charge in [0.05, 0.1) is 24.1 Å². The van der Waals surface area contributed by atoms with Crippen molar-refractivity contribution < 1.29 is 19.0 Å². The maximum Gasteiger partial charge on any atom is 0.230 e. The zero-order valence-electron chi connectivity index (χ0n) is 15.5. The molecule has 0 unspecified atom stereocenters. The van der Waals surface area contributed by atoms with Crippen LogP contribution in [0, 0.1) is 12.7 Å². The summed E-state index contributed by atoms with van der Waals surface area (Å²) in [7, 11) is 0. The van der Waals surface area contributed by atoms with Gasteiger partial charge in [0.1, 0.15) is 11.6 Å². The van der Waals surface area contributed by atoms with Crippen LogP contribution in [0.15, 0.2) is 24.3 Å². The molecule has 2 fully saturated rings. The highest BCUT2D eigenvalue weighted by atomic mass is 32.1. The fourth-order valence-electron chi connectivity index (χ4n) is 4.14. The number of piperidine rings is 1. The van der Waals surface area contributed by atoms with Crippen molar-refractivity contribution >= 4 is 16.3 Å². The third-order valence-electron chi connectivity index (χ3n) is 5.46. The second-order valence-corrected chi connectivity index (χ2v) is 8.25. The van der Waals surface area contributed by atoms with E-state index in [0.29, 0.717) is 42.0 Å². The number of aromatic nitrogens is 3. The zero-order valence-corrected chi connectivity index (χ0v) is 16.3. The molecule has 0 radical (unpaired) electrons. The number of aryl methyl sites for hydroxylation is 1. The summed E-state index contributed by atoms with van der Waals surface area (Å²) in [6.07, 6.45) is 1.47. The lowest BCUT2D eigenvalue weighted by atomic mass is 9.97. The van der Waals surface area contributed by atoms with E-state index in [9.17, 15) is 9.50 Å².